The first-order valence-corrected chi connectivity index (χ1v) is 7.49. The molecule has 1 aliphatic carbocycles. The monoisotopic (exact) mass is 297 g/mol. The van der Waals surface area contributed by atoms with E-state index >= 15 is 0 Å². The summed E-state index contributed by atoms with van der Waals surface area (Å²) in [7, 11) is 0. The van der Waals surface area contributed by atoms with Gasteiger partial charge in [-0.3, -0.25) is 14.8 Å². The van der Waals surface area contributed by atoms with E-state index in [0.717, 1.165) is 11.3 Å². The minimum Gasteiger partial charge on any atom is -0.393 e. The number of nitrogens with one attached hydrogen (secondary N) is 1. The van der Waals surface area contributed by atoms with E-state index in [1.54, 1.807) is 18.6 Å². The maximum atomic E-state index is 12.3. The van der Waals surface area contributed by atoms with Crippen molar-refractivity contribution >= 4 is 5.91 Å². The van der Waals surface area contributed by atoms with E-state index in [1.807, 2.05) is 30.3 Å². The summed E-state index contributed by atoms with van der Waals surface area (Å²) in [4.78, 5) is 20.7. The Bertz CT molecular complexity index is 612. The Morgan fingerprint density at radius 3 is 2.77 bits per heavy atom. The van der Waals surface area contributed by atoms with Crippen molar-refractivity contribution in [2.24, 2.45) is 5.92 Å². The van der Waals surface area contributed by atoms with Crippen molar-refractivity contribution in [1.29, 1.82) is 0 Å². The van der Waals surface area contributed by atoms with Crippen LogP contribution in [0.2, 0.25) is 0 Å². The molecule has 5 nitrogen and oxygen atoms in total. The molecule has 114 valence electrons. The number of amides is 1. The molecule has 0 saturated heterocycles. The van der Waals surface area contributed by atoms with E-state index in [0.29, 0.717) is 19.3 Å². The predicted octanol–water partition coefficient (Wildman–Crippen LogP) is 1.65. The van der Waals surface area contributed by atoms with Crippen LogP contribution in [0.5, 0.6) is 0 Å². The first-order chi connectivity index (χ1) is 10.7. The first-order valence-electron chi connectivity index (χ1n) is 7.49. The van der Waals surface area contributed by atoms with Crippen LogP contribution in [0.3, 0.4) is 0 Å². The third-order valence-corrected chi connectivity index (χ3v) is 4.03. The van der Waals surface area contributed by atoms with Gasteiger partial charge in [0, 0.05) is 18.6 Å². The predicted molar refractivity (Wildman–Crippen MR) is 81.8 cm³/mol. The van der Waals surface area contributed by atoms with Gasteiger partial charge in [0.2, 0.25) is 5.91 Å². The number of carbonyl (C=O) groups excluding carboxylic acids is 1. The topological polar surface area (TPSA) is 75.1 Å². The smallest absolute Gasteiger partial charge is 0.225 e. The largest absolute Gasteiger partial charge is 0.393 e. The Morgan fingerprint density at radius 1 is 1.27 bits per heavy atom. The zero-order valence-corrected chi connectivity index (χ0v) is 12.2. The molecule has 5 heteroatoms. The van der Waals surface area contributed by atoms with Gasteiger partial charge in [-0.2, -0.15) is 0 Å². The van der Waals surface area contributed by atoms with Crippen LogP contribution in [0, 0.1) is 5.92 Å². The highest BCUT2D eigenvalue weighted by molar-refractivity contribution is 5.78. The van der Waals surface area contributed by atoms with E-state index < -0.39 is 0 Å². The molecule has 22 heavy (non-hydrogen) atoms. The Hall–Kier alpha value is -2.27. The molecule has 1 saturated carbocycles. The molecule has 3 rings (SSSR count). The van der Waals surface area contributed by atoms with Crippen LogP contribution in [-0.2, 0) is 11.2 Å². The molecule has 0 aromatic carbocycles. The molecule has 0 radical (unpaired) electrons. The average molecular weight is 297 g/mol. The summed E-state index contributed by atoms with van der Waals surface area (Å²) in [6.07, 6.45) is 6.56. The summed E-state index contributed by atoms with van der Waals surface area (Å²) in [5.41, 5.74) is 1.73. The number of hydrogen-bond donors (Lipinski definition) is 2. The van der Waals surface area contributed by atoms with Crippen LogP contribution >= 0.6 is 0 Å². The van der Waals surface area contributed by atoms with Gasteiger partial charge in [-0.15, -0.1) is 0 Å². The van der Waals surface area contributed by atoms with Crippen molar-refractivity contribution in [3.63, 3.8) is 0 Å². The highest BCUT2D eigenvalue weighted by atomic mass is 16.3. The molecule has 1 atom stereocenters. The molecule has 2 aromatic heterocycles. The summed E-state index contributed by atoms with van der Waals surface area (Å²) in [6.45, 7) is 0. The molecule has 0 aliphatic heterocycles. The van der Waals surface area contributed by atoms with E-state index in [2.05, 4.69) is 15.3 Å². The van der Waals surface area contributed by atoms with Crippen LogP contribution in [0.15, 0.2) is 48.9 Å². The number of aliphatic hydroxyl groups excluding tert-OH is 1. The second-order valence-corrected chi connectivity index (χ2v) is 5.72. The number of aliphatic hydroxyl groups is 1. The fourth-order valence-corrected chi connectivity index (χ4v) is 2.81. The third-order valence-electron chi connectivity index (χ3n) is 4.03. The Kier molecular flexibility index (Phi) is 4.44. The zero-order chi connectivity index (χ0) is 15.4. The SMILES string of the molecule is O=C(Cc1cccnc1)NC(c1ccccn1)C1CC(O)C1. The van der Waals surface area contributed by atoms with Gasteiger partial charge < -0.3 is 10.4 Å². The van der Waals surface area contributed by atoms with E-state index in [1.165, 1.54) is 0 Å². The Morgan fingerprint density at radius 2 is 2.14 bits per heavy atom. The summed E-state index contributed by atoms with van der Waals surface area (Å²) in [5, 5.41) is 12.6. The summed E-state index contributed by atoms with van der Waals surface area (Å²) in [5.74, 6) is 0.188. The lowest BCUT2D eigenvalue weighted by Gasteiger charge is -2.37. The minimum absolute atomic E-state index is 0.0509. The van der Waals surface area contributed by atoms with Crippen LogP contribution in [0.25, 0.3) is 0 Å². The Labute approximate surface area is 129 Å². The molecule has 2 heterocycles. The molecule has 1 fully saturated rings. The van der Waals surface area contributed by atoms with Gasteiger partial charge in [-0.25, -0.2) is 0 Å². The summed E-state index contributed by atoms with van der Waals surface area (Å²) in [6, 6.07) is 9.25. The van der Waals surface area contributed by atoms with Crippen molar-refractivity contribution in [2.75, 3.05) is 0 Å². The fraction of sp³-hybridized carbons (Fsp3) is 0.353. The molecule has 0 spiro atoms. The lowest BCUT2D eigenvalue weighted by Crippen LogP contribution is -2.42. The van der Waals surface area contributed by atoms with Gasteiger partial charge in [0.15, 0.2) is 0 Å². The number of pyridine rings is 2. The molecular formula is C17H19N3O2. The van der Waals surface area contributed by atoms with Gasteiger partial charge >= 0.3 is 0 Å². The van der Waals surface area contributed by atoms with Crippen LogP contribution in [0.4, 0.5) is 0 Å². The first kappa shape index (κ1) is 14.7. The van der Waals surface area contributed by atoms with Gasteiger partial charge in [0.05, 0.1) is 24.3 Å². The van der Waals surface area contributed by atoms with Crippen LogP contribution < -0.4 is 5.32 Å². The van der Waals surface area contributed by atoms with Crippen LogP contribution in [0.1, 0.15) is 30.1 Å². The standard InChI is InChI=1S/C17H19N3O2/c21-14-9-13(10-14)17(15-5-1-2-7-19-15)20-16(22)8-12-4-3-6-18-11-12/h1-7,11,13-14,17,21H,8-10H2,(H,20,22). The molecular weight excluding hydrogens is 278 g/mol. The summed E-state index contributed by atoms with van der Waals surface area (Å²) < 4.78 is 0. The van der Waals surface area contributed by atoms with Crippen molar-refractivity contribution in [3.05, 3.63) is 60.2 Å². The number of hydrogen-bond acceptors (Lipinski definition) is 4. The van der Waals surface area contributed by atoms with E-state index in [4.69, 9.17) is 0 Å². The van der Waals surface area contributed by atoms with Gasteiger partial charge in [-0.1, -0.05) is 12.1 Å². The average Bonchev–Trinajstić information content (AvgIpc) is 2.52. The molecule has 2 aromatic rings. The highest BCUT2D eigenvalue weighted by Gasteiger charge is 2.36. The fourth-order valence-electron chi connectivity index (χ4n) is 2.81. The number of carbonyl (C=O) groups is 1. The lowest BCUT2D eigenvalue weighted by atomic mass is 9.76. The maximum absolute atomic E-state index is 12.3. The van der Waals surface area contributed by atoms with Crippen molar-refractivity contribution in [3.8, 4) is 0 Å². The highest BCUT2D eigenvalue weighted by Crippen LogP contribution is 2.37. The van der Waals surface area contributed by atoms with E-state index in [-0.39, 0.29) is 24.0 Å². The number of aromatic nitrogens is 2. The van der Waals surface area contributed by atoms with Crippen molar-refractivity contribution in [1.82, 2.24) is 15.3 Å². The molecule has 1 unspecified atom stereocenters. The molecule has 1 amide bonds. The second-order valence-electron chi connectivity index (χ2n) is 5.72. The third kappa shape index (κ3) is 3.49. The van der Waals surface area contributed by atoms with Crippen molar-refractivity contribution in [2.45, 2.75) is 31.4 Å². The maximum Gasteiger partial charge on any atom is 0.225 e. The van der Waals surface area contributed by atoms with E-state index in [9.17, 15) is 9.90 Å². The van der Waals surface area contributed by atoms with Gasteiger partial charge in [-0.05, 0) is 42.5 Å². The molecule has 0 bridgehead atoms. The number of rotatable bonds is 5. The zero-order valence-electron chi connectivity index (χ0n) is 12.2. The van der Waals surface area contributed by atoms with Gasteiger partial charge in [0.25, 0.3) is 0 Å². The minimum atomic E-state index is -0.258. The quantitative estimate of drug-likeness (QED) is 0.880. The van der Waals surface area contributed by atoms with Crippen molar-refractivity contribution < 1.29 is 9.90 Å². The summed E-state index contributed by atoms with van der Waals surface area (Å²) >= 11 is 0. The van der Waals surface area contributed by atoms with Crippen LogP contribution in [-0.4, -0.2) is 27.1 Å². The lowest BCUT2D eigenvalue weighted by molar-refractivity contribution is -0.122. The second kappa shape index (κ2) is 6.66. The molecule has 2 N–H and O–H groups in total. The van der Waals surface area contributed by atoms with Gasteiger partial charge in [0.1, 0.15) is 0 Å². The number of nitrogens with zero attached hydrogens (tertiary/aromatic N) is 2. The molecule has 1 aliphatic rings. The Balaban J connectivity index is 1.69. The normalized spacial score (nSPS) is 21.7.